The number of nitrogens with zero attached hydrogens (tertiary/aromatic N) is 3. The number of aromatic amines is 1. The summed E-state index contributed by atoms with van der Waals surface area (Å²) in [6, 6.07) is 4.85. The van der Waals surface area contributed by atoms with E-state index >= 15 is 0 Å². The maximum absolute atomic E-state index is 11.9. The van der Waals surface area contributed by atoms with E-state index < -0.39 is 11.4 Å². The number of hydrogen-bond acceptors (Lipinski definition) is 3. The van der Waals surface area contributed by atoms with Crippen LogP contribution in [0.1, 0.15) is 22.3 Å². The summed E-state index contributed by atoms with van der Waals surface area (Å²) < 4.78 is 0. The van der Waals surface area contributed by atoms with E-state index in [1.165, 1.54) is 12.3 Å². The number of rotatable bonds is 3. The van der Waals surface area contributed by atoms with Crippen molar-refractivity contribution in [2.45, 2.75) is 6.42 Å². The highest BCUT2D eigenvalue weighted by atomic mass is 16.4. The summed E-state index contributed by atoms with van der Waals surface area (Å²) >= 11 is 0. The number of H-pyrrole nitrogens is 1. The Morgan fingerprint density at radius 2 is 2.29 bits per heavy atom. The number of aromatic carboxylic acids is 1. The highest BCUT2D eigenvalue weighted by Crippen LogP contribution is 2.10. The van der Waals surface area contributed by atoms with Crippen LogP contribution >= 0.6 is 0 Å². The lowest BCUT2D eigenvalue weighted by atomic mass is 10.1. The van der Waals surface area contributed by atoms with Crippen LogP contribution in [0.4, 0.5) is 0 Å². The Labute approximate surface area is 118 Å². The Balaban J connectivity index is 2.35. The van der Waals surface area contributed by atoms with E-state index in [4.69, 9.17) is 10.6 Å². The molecule has 21 heavy (non-hydrogen) atoms. The molecule has 0 spiro atoms. The first kappa shape index (κ1) is 14.2. The topological polar surface area (TPSA) is 119 Å². The minimum Gasteiger partial charge on any atom is -0.477 e. The lowest BCUT2D eigenvalue weighted by Crippen LogP contribution is -2.15. The summed E-state index contributed by atoms with van der Waals surface area (Å²) in [6.07, 6.45) is 1.61. The number of hydrogen-bond donors (Lipinski definition) is 2. The third-order valence-electron chi connectivity index (χ3n) is 2.74. The van der Waals surface area contributed by atoms with Gasteiger partial charge in [0.15, 0.2) is 0 Å². The summed E-state index contributed by atoms with van der Waals surface area (Å²) in [5, 5.41) is 12.6. The highest BCUT2D eigenvalue weighted by molar-refractivity contribution is 5.92. The molecule has 0 aliphatic rings. The van der Waals surface area contributed by atoms with E-state index in [-0.39, 0.29) is 5.56 Å². The van der Waals surface area contributed by atoms with Gasteiger partial charge in [0.05, 0.1) is 5.52 Å². The monoisotopic (exact) mass is 282 g/mol. The van der Waals surface area contributed by atoms with Crippen molar-refractivity contribution in [2.75, 3.05) is 6.54 Å². The molecule has 0 saturated heterocycles. The first-order chi connectivity index (χ1) is 10.1. The van der Waals surface area contributed by atoms with Gasteiger partial charge in [-0.2, -0.15) is 0 Å². The molecule has 0 radical (unpaired) electrons. The van der Waals surface area contributed by atoms with Gasteiger partial charge in [-0.1, -0.05) is 17.0 Å². The third-order valence-corrected chi connectivity index (χ3v) is 2.74. The summed E-state index contributed by atoms with van der Waals surface area (Å²) in [4.78, 5) is 28.2. The van der Waals surface area contributed by atoms with E-state index in [1.807, 2.05) is 0 Å². The quantitative estimate of drug-likeness (QED) is 0.295. The zero-order chi connectivity index (χ0) is 15.2. The van der Waals surface area contributed by atoms with Gasteiger partial charge in [0.1, 0.15) is 5.56 Å². The maximum atomic E-state index is 11.9. The zero-order valence-corrected chi connectivity index (χ0v) is 10.8. The van der Waals surface area contributed by atoms with Gasteiger partial charge < -0.3 is 10.1 Å². The van der Waals surface area contributed by atoms with Crippen LogP contribution in [-0.2, 0) is 0 Å². The normalized spacial score (nSPS) is 9.52. The van der Waals surface area contributed by atoms with E-state index in [1.54, 1.807) is 12.1 Å². The van der Waals surface area contributed by atoms with Crippen molar-refractivity contribution in [3.8, 4) is 11.8 Å². The molecule has 0 fully saturated rings. The van der Waals surface area contributed by atoms with Gasteiger partial charge in [-0.05, 0) is 23.7 Å². The number of azide groups is 1. The van der Waals surface area contributed by atoms with Crippen molar-refractivity contribution in [1.82, 2.24) is 4.98 Å². The Hall–Kier alpha value is -3.23. The Kier molecular flexibility index (Phi) is 4.24. The number of benzene rings is 1. The molecule has 0 bridgehead atoms. The van der Waals surface area contributed by atoms with Crippen LogP contribution in [0.5, 0.6) is 0 Å². The average Bonchev–Trinajstić information content (AvgIpc) is 2.47. The Morgan fingerprint density at radius 3 is 3.00 bits per heavy atom. The van der Waals surface area contributed by atoms with Crippen molar-refractivity contribution in [2.24, 2.45) is 5.11 Å². The number of pyridine rings is 1. The van der Waals surface area contributed by atoms with E-state index in [0.717, 1.165) is 0 Å². The molecule has 1 heterocycles. The SMILES string of the molecule is [N-]=[N+]=NCCC#Cc1ccc2c(=O)c(C(=O)O)c[nH]c2c1. The predicted octanol–water partition coefficient (Wildman–Crippen LogP) is 2.28. The van der Waals surface area contributed by atoms with Gasteiger partial charge in [-0.3, -0.25) is 4.79 Å². The van der Waals surface area contributed by atoms with Crippen LogP contribution < -0.4 is 5.43 Å². The second-order valence-corrected chi connectivity index (χ2v) is 4.10. The second-order valence-electron chi connectivity index (χ2n) is 4.10. The fourth-order valence-electron chi connectivity index (χ4n) is 1.77. The summed E-state index contributed by atoms with van der Waals surface area (Å²) in [5.41, 5.74) is 8.50. The fraction of sp³-hybridized carbons (Fsp3) is 0.143. The lowest BCUT2D eigenvalue weighted by molar-refractivity contribution is 0.0695. The molecule has 7 heteroatoms. The van der Waals surface area contributed by atoms with Gasteiger partial charge in [0.25, 0.3) is 0 Å². The molecule has 1 aromatic carbocycles. The standard InChI is InChI=1S/C14H10N4O3/c15-18-17-6-2-1-3-9-4-5-10-12(7-9)16-8-11(13(10)19)14(20)21/h4-5,7-8H,2,6H2,(H,16,19)(H,20,21). The number of carboxylic acids is 1. The Morgan fingerprint density at radius 1 is 1.48 bits per heavy atom. The molecule has 2 N–H and O–H groups in total. The minimum atomic E-state index is -1.26. The van der Waals surface area contributed by atoms with E-state index in [2.05, 4.69) is 26.9 Å². The summed E-state index contributed by atoms with van der Waals surface area (Å²) in [7, 11) is 0. The van der Waals surface area contributed by atoms with Gasteiger partial charge >= 0.3 is 5.97 Å². The second kappa shape index (κ2) is 6.28. The minimum absolute atomic E-state index is 0.296. The molecule has 2 aromatic rings. The first-order valence-corrected chi connectivity index (χ1v) is 6.02. The number of carboxylic acid groups (broad SMARTS) is 1. The number of aromatic nitrogens is 1. The molecule has 2 rings (SSSR count). The molecule has 0 amide bonds. The van der Waals surface area contributed by atoms with Crippen LogP contribution in [0.3, 0.4) is 0 Å². The van der Waals surface area contributed by atoms with Crippen molar-refractivity contribution in [3.63, 3.8) is 0 Å². The molecule has 0 unspecified atom stereocenters. The van der Waals surface area contributed by atoms with Crippen molar-refractivity contribution in [3.05, 3.63) is 56.2 Å². The molecular formula is C14H10N4O3. The van der Waals surface area contributed by atoms with Crippen LogP contribution in [-0.4, -0.2) is 22.6 Å². The first-order valence-electron chi connectivity index (χ1n) is 6.02. The summed E-state index contributed by atoms with van der Waals surface area (Å²) in [5.74, 6) is 4.46. The van der Waals surface area contributed by atoms with Crippen LogP contribution in [0, 0.1) is 11.8 Å². The molecule has 7 nitrogen and oxygen atoms in total. The number of nitrogens with one attached hydrogen (secondary N) is 1. The molecule has 104 valence electrons. The third kappa shape index (κ3) is 3.21. The van der Waals surface area contributed by atoms with Crippen LogP contribution in [0.15, 0.2) is 34.3 Å². The van der Waals surface area contributed by atoms with Crippen LogP contribution in [0.25, 0.3) is 21.3 Å². The molecule has 0 aliphatic carbocycles. The molecule has 0 atom stereocenters. The fourth-order valence-corrected chi connectivity index (χ4v) is 1.77. The maximum Gasteiger partial charge on any atom is 0.341 e. The van der Waals surface area contributed by atoms with Crippen LogP contribution in [0.2, 0.25) is 0 Å². The molecule has 0 aliphatic heterocycles. The molecule has 0 saturated carbocycles. The highest BCUT2D eigenvalue weighted by Gasteiger charge is 2.11. The van der Waals surface area contributed by atoms with Gasteiger partial charge in [0, 0.05) is 35.0 Å². The van der Waals surface area contributed by atoms with E-state index in [9.17, 15) is 9.59 Å². The van der Waals surface area contributed by atoms with E-state index in [0.29, 0.717) is 29.4 Å². The van der Waals surface area contributed by atoms with Gasteiger partial charge in [-0.15, -0.1) is 0 Å². The lowest BCUT2D eigenvalue weighted by Gasteiger charge is -2.00. The smallest absolute Gasteiger partial charge is 0.341 e. The number of carbonyl (C=O) groups is 1. The zero-order valence-electron chi connectivity index (χ0n) is 10.8. The number of fused-ring (bicyclic) bond motifs is 1. The Bertz CT molecular complexity index is 867. The van der Waals surface area contributed by atoms with Crippen molar-refractivity contribution < 1.29 is 9.90 Å². The largest absolute Gasteiger partial charge is 0.477 e. The molecular weight excluding hydrogens is 272 g/mol. The van der Waals surface area contributed by atoms with Gasteiger partial charge in [-0.25, -0.2) is 4.79 Å². The summed E-state index contributed by atoms with van der Waals surface area (Å²) in [6.45, 7) is 0.301. The van der Waals surface area contributed by atoms with Crippen molar-refractivity contribution >= 4 is 16.9 Å². The van der Waals surface area contributed by atoms with Gasteiger partial charge in [0.2, 0.25) is 5.43 Å². The molecule has 1 aromatic heterocycles. The van der Waals surface area contributed by atoms with Crippen molar-refractivity contribution in [1.29, 1.82) is 0 Å². The average molecular weight is 282 g/mol. The predicted molar refractivity (Wildman–Crippen MR) is 77.0 cm³/mol.